The van der Waals surface area contributed by atoms with E-state index in [-0.39, 0.29) is 29.7 Å². The average molecular weight is 554 g/mol. The van der Waals surface area contributed by atoms with Gasteiger partial charge in [0.15, 0.2) is 0 Å². The minimum Gasteiger partial charge on any atom is -0.467 e. The van der Waals surface area contributed by atoms with Crippen molar-refractivity contribution in [1.82, 2.24) is 14.7 Å². The van der Waals surface area contributed by atoms with Crippen LogP contribution in [0.3, 0.4) is 0 Å². The van der Waals surface area contributed by atoms with Gasteiger partial charge in [0.2, 0.25) is 11.8 Å². The topological polar surface area (TPSA) is 69.9 Å². The molecule has 0 aromatic heterocycles. The molecule has 7 heteroatoms. The smallest absolute Gasteiger partial charge is 0.328 e. The van der Waals surface area contributed by atoms with Gasteiger partial charge in [-0.3, -0.25) is 14.5 Å². The molecule has 5 rings (SSSR count). The number of hydrogen-bond acceptors (Lipinski definition) is 5. The summed E-state index contributed by atoms with van der Waals surface area (Å²) in [6.45, 7) is 5.29. The van der Waals surface area contributed by atoms with Crippen molar-refractivity contribution in [3.05, 3.63) is 108 Å². The number of likely N-dealkylation sites (tertiary alicyclic amines) is 1. The van der Waals surface area contributed by atoms with E-state index >= 15 is 0 Å². The predicted molar refractivity (Wildman–Crippen MR) is 158 cm³/mol. The Labute approximate surface area is 242 Å². The molecule has 214 valence electrons. The minimum absolute atomic E-state index is 0.0449. The quantitative estimate of drug-likeness (QED) is 0.226. The second kappa shape index (κ2) is 11.9. The van der Waals surface area contributed by atoms with Crippen LogP contribution in [-0.2, 0) is 24.7 Å². The van der Waals surface area contributed by atoms with Crippen LogP contribution in [0.25, 0.3) is 0 Å². The molecule has 0 N–H and O–H groups in total. The Morgan fingerprint density at radius 3 is 1.76 bits per heavy atom. The lowest BCUT2D eigenvalue weighted by molar-refractivity contribution is -0.155. The second-order valence-corrected chi connectivity index (χ2v) is 11.4. The normalized spacial score (nSPS) is 20.9. The molecule has 0 saturated carbocycles. The number of benzene rings is 3. The maximum absolute atomic E-state index is 14.0. The summed E-state index contributed by atoms with van der Waals surface area (Å²) >= 11 is 0. The summed E-state index contributed by atoms with van der Waals surface area (Å²) in [5.41, 5.74) is 2.67. The molecule has 0 aliphatic carbocycles. The fourth-order valence-electron chi connectivity index (χ4n) is 6.55. The van der Waals surface area contributed by atoms with Crippen molar-refractivity contribution in [2.75, 3.05) is 33.8 Å². The molecule has 2 aliphatic rings. The summed E-state index contributed by atoms with van der Waals surface area (Å²) in [6, 6.07) is 30.1. The fourth-order valence-corrected chi connectivity index (χ4v) is 6.55. The zero-order chi connectivity index (χ0) is 29.1. The number of amides is 2. The molecule has 2 fully saturated rings. The molecule has 0 bridgehead atoms. The molecule has 3 aromatic carbocycles. The van der Waals surface area contributed by atoms with Crippen LogP contribution in [0, 0.1) is 11.8 Å². The van der Waals surface area contributed by atoms with Gasteiger partial charge in [-0.2, -0.15) is 0 Å². The second-order valence-electron chi connectivity index (χ2n) is 11.4. The third kappa shape index (κ3) is 5.26. The van der Waals surface area contributed by atoms with Gasteiger partial charge in [-0.05, 0) is 29.0 Å². The number of carbonyl (C=O) groups excluding carboxylic acids is 3. The first-order chi connectivity index (χ1) is 19.8. The van der Waals surface area contributed by atoms with Crippen molar-refractivity contribution < 1.29 is 19.1 Å². The summed E-state index contributed by atoms with van der Waals surface area (Å²) in [4.78, 5) is 45.4. The van der Waals surface area contributed by atoms with E-state index < -0.39 is 17.6 Å². The standard InChI is InChI=1S/C34H39N3O4/c1-24(2)30(33(40)41-4)35(3)31(38)25-20-21-36(22-25)32(39)29-23-37(29)34(26-14-8-5-9-15-26,27-16-10-6-11-17-27)28-18-12-7-13-19-28/h5-19,24-25,29-30H,20-23H2,1-4H3/t25-,29+,30-,37?/m0/s1. The van der Waals surface area contributed by atoms with Crippen LogP contribution in [0.5, 0.6) is 0 Å². The molecular weight excluding hydrogens is 514 g/mol. The molecule has 7 nitrogen and oxygen atoms in total. The number of rotatable bonds is 9. The highest BCUT2D eigenvalue weighted by Gasteiger charge is 2.57. The molecule has 2 aliphatic heterocycles. The van der Waals surface area contributed by atoms with Crippen molar-refractivity contribution in [3.63, 3.8) is 0 Å². The van der Waals surface area contributed by atoms with E-state index in [0.29, 0.717) is 26.1 Å². The Bertz CT molecular complexity index is 1270. The van der Waals surface area contributed by atoms with E-state index in [1.165, 1.54) is 12.0 Å². The van der Waals surface area contributed by atoms with E-state index in [4.69, 9.17) is 4.74 Å². The largest absolute Gasteiger partial charge is 0.467 e. The van der Waals surface area contributed by atoms with E-state index in [1.807, 2.05) is 73.3 Å². The van der Waals surface area contributed by atoms with Crippen LogP contribution in [0.1, 0.15) is 37.0 Å². The summed E-state index contributed by atoms with van der Waals surface area (Å²) in [5, 5.41) is 0. The highest BCUT2D eigenvalue weighted by atomic mass is 16.5. The van der Waals surface area contributed by atoms with Gasteiger partial charge in [0, 0.05) is 26.7 Å². The number of hydrogen-bond donors (Lipinski definition) is 0. The molecule has 2 amide bonds. The van der Waals surface area contributed by atoms with Gasteiger partial charge < -0.3 is 14.5 Å². The van der Waals surface area contributed by atoms with Crippen LogP contribution in [0.15, 0.2) is 91.0 Å². The van der Waals surface area contributed by atoms with E-state index in [0.717, 1.165) is 16.7 Å². The maximum atomic E-state index is 14.0. The Morgan fingerprint density at radius 2 is 1.32 bits per heavy atom. The third-order valence-corrected chi connectivity index (χ3v) is 8.59. The lowest BCUT2D eigenvalue weighted by Gasteiger charge is -2.38. The van der Waals surface area contributed by atoms with Crippen molar-refractivity contribution >= 4 is 17.8 Å². The number of nitrogens with zero attached hydrogens (tertiary/aromatic N) is 3. The molecule has 4 atom stereocenters. The summed E-state index contributed by atoms with van der Waals surface area (Å²) in [6.07, 6.45) is 0.578. The Kier molecular flexibility index (Phi) is 8.27. The Balaban J connectivity index is 1.40. The number of carbonyl (C=O) groups is 3. The summed E-state index contributed by atoms with van der Waals surface area (Å²) in [7, 11) is 3.00. The van der Waals surface area contributed by atoms with Crippen molar-refractivity contribution in [2.24, 2.45) is 11.8 Å². The van der Waals surface area contributed by atoms with Gasteiger partial charge >= 0.3 is 5.97 Å². The predicted octanol–water partition coefficient (Wildman–Crippen LogP) is 4.17. The van der Waals surface area contributed by atoms with E-state index in [9.17, 15) is 14.4 Å². The monoisotopic (exact) mass is 553 g/mol. The first-order valence-electron chi connectivity index (χ1n) is 14.4. The highest BCUT2D eigenvalue weighted by molar-refractivity contribution is 5.89. The van der Waals surface area contributed by atoms with Crippen LogP contribution < -0.4 is 0 Å². The van der Waals surface area contributed by atoms with Gasteiger partial charge in [-0.1, -0.05) is 105 Å². The van der Waals surface area contributed by atoms with Crippen LogP contribution in [-0.4, -0.2) is 78.4 Å². The van der Waals surface area contributed by atoms with Gasteiger partial charge in [0.25, 0.3) is 0 Å². The number of esters is 1. The first-order valence-corrected chi connectivity index (χ1v) is 14.4. The molecule has 2 saturated heterocycles. The zero-order valence-corrected chi connectivity index (χ0v) is 24.3. The molecular formula is C34H39N3O4. The molecule has 2 heterocycles. The molecule has 1 unspecified atom stereocenters. The minimum atomic E-state index is -0.653. The SMILES string of the molecule is COC(=O)[C@H](C(C)C)N(C)C(=O)[C@H]1CCN(C(=O)[C@H]2CN2C(c2ccccc2)(c2ccccc2)c2ccccc2)C1. The lowest BCUT2D eigenvalue weighted by Crippen LogP contribution is -2.49. The molecule has 0 radical (unpaired) electrons. The van der Waals surface area contributed by atoms with Gasteiger partial charge in [0.05, 0.1) is 18.6 Å². The zero-order valence-electron chi connectivity index (χ0n) is 24.3. The van der Waals surface area contributed by atoms with Gasteiger partial charge in [-0.25, -0.2) is 4.79 Å². The average Bonchev–Trinajstić information content (AvgIpc) is 3.64. The Morgan fingerprint density at radius 1 is 0.829 bits per heavy atom. The van der Waals surface area contributed by atoms with Crippen LogP contribution in [0.2, 0.25) is 0 Å². The summed E-state index contributed by atoms with van der Waals surface area (Å²) < 4.78 is 4.96. The summed E-state index contributed by atoms with van der Waals surface area (Å²) in [5.74, 6) is -0.927. The number of ether oxygens (including phenoxy) is 1. The van der Waals surface area contributed by atoms with Crippen LogP contribution >= 0.6 is 0 Å². The van der Waals surface area contributed by atoms with E-state index in [1.54, 1.807) is 7.05 Å². The number of likely N-dealkylation sites (N-methyl/N-ethyl adjacent to an activating group) is 1. The van der Waals surface area contributed by atoms with Crippen molar-refractivity contribution in [3.8, 4) is 0 Å². The van der Waals surface area contributed by atoms with Crippen LogP contribution in [0.4, 0.5) is 0 Å². The molecule has 3 aromatic rings. The lowest BCUT2D eigenvalue weighted by atomic mass is 9.76. The first kappa shape index (κ1) is 28.6. The number of methoxy groups -OCH3 is 1. The van der Waals surface area contributed by atoms with Gasteiger partial charge in [0.1, 0.15) is 12.1 Å². The highest BCUT2D eigenvalue weighted by Crippen LogP contribution is 2.48. The third-order valence-electron chi connectivity index (χ3n) is 8.59. The maximum Gasteiger partial charge on any atom is 0.328 e. The van der Waals surface area contributed by atoms with E-state index in [2.05, 4.69) is 41.3 Å². The molecule has 41 heavy (non-hydrogen) atoms. The fraction of sp³-hybridized carbons (Fsp3) is 0.382. The van der Waals surface area contributed by atoms with Crippen molar-refractivity contribution in [2.45, 2.75) is 37.9 Å². The van der Waals surface area contributed by atoms with Crippen molar-refractivity contribution in [1.29, 1.82) is 0 Å². The van der Waals surface area contributed by atoms with Gasteiger partial charge in [-0.15, -0.1) is 0 Å². The molecule has 0 spiro atoms. The Hall–Kier alpha value is -3.97.